The Bertz CT molecular complexity index is 380. The lowest BCUT2D eigenvalue weighted by Gasteiger charge is -2.20. The minimum absolute atomic E-state index is 0.241. The first-order valence-corrected chi connectivity index (χ1v) is 8.92. The average Bonchev–Trinajstić information content (AvgIpc) is 2.62. The molecule has 0 aliphatic heterocycles. The van der Waals surface area contributed by atoms with E-state index >= 15 is 0 Å². The van der Waals surface area contributed by atoms with Gasteiger partial charge in [-0.1, -0.05) is 6.42 Å². The Morgan fingerprint density at radius 2 is 1.90 bits per heavy atom. The fourth-order valence-electron chi connectivity index (χ4n) is 2.70. The van der Waals surface area contributed by atoms with E-state index in [4.69, 9.17) is 0 Å². The van der Waals surface area contributed by atoms with E-state index in [0.717, 1.165) is 19.6 Å². The molecule has 0 amide bonds. The van der Waals surface area contributed by atoms with Gasteiger partial charge in [0.05, 0.1) is 0 Å². The van der Waals surface area contributed by atoms with Crippen LogP contribution in [0.4, 0.5) is 0 Å². The third kappa shape index (κ3) is 5.55. The van der Waals surface area contributed by atoms with Crippen molar-refractivity contribution in [1.82, 2.24) is 10.6 Å². The van der Waals surface area contributed by atoms with Crippen LogP contribution in [0, 0.1) is 0 Å². The Morgan fingerprint density at radius 3 is 2.70 bits per heavy atom. The maximum atomic E-state index is 3.58. The van der Waals surface area contributed by atoms with E-state index in [0.29, 0.717) is 0 Å². The Balaban J connectivity index is 1.65. The van der Waals surface area contributed by atoms with Gasteiger partial charge in [0.1, 0.15) is 0 Å². The first kappa shape index (κ1) is 16.0. The number of aryl methyl sites for hydroxylation is 2. The largest absolute Gasteiger partial charge is 0.312 e. The summed E-state index contributed by atoms with van der Waals surface area (Å²) in [4.78, 5) is 3.19. The summed E-state index contributed by atoms with van der Waals surface area (Å²) in [5.74, 6) is 0. The molecule has 1 aliphatic rings. The molecule has 2 nitrogen and oxygen atoms in total. The second kappa shape index (κ2) is 7.58. The van der Waals surface area contributed by atoms with Crippen molar-refractivity contribution in [3.63, 3.8) is 0 Å². The molecule has 114 valence electrons. The molecule has 0 bridgehead atoms. The maximum absolute atomic E-state index is 3.58. The van der Waals surface area contributed by atoms with Crippen LogP contribution >= 0.6 is 11.3 Å². The first-order valence-electron chi connectivity index (χ1n) is 8.11. The summed E-state index contributed by atoms with van der Waals surface area (Å²) >= 11 is 2.04. The molecule has 1 aromatic heterocycles. The molecule has 0 saturated carbocycles. The molecule has 0 radical (unpaired) electrons. The van der Waals surface area contributed by atoms with Crippen molar-refractivity contribution >= 4 is 11.3 Å². The highest BCUT2D eigenvalue weighted by atomic mass is 32.1. The Hall–Kier alpha value is -0.380. The summed E-state index contributed by atoms with van der Waals surface area (Å²) in [5.41, 5.74) is 1.88. The maximum Gasteiger partial charge on any atom is 0.0299 e. The summed E-state index contributed by atoms with van der Waals surface area (Å²) in [6.45, 7) is 9.91. The van der Waals surface area contributed by atoms with Gasteiger partial charge in [-0.3, -0.25) is 0 Å². The lowest BCUT2D eigenvalue weighted by Crippen LogP contribution is -2.37. The second-order valence-corrected chi connectivity index (χ2v) is 8.15. The molecule has 1 heterocycles. The van der Waals surface area contributed by atoms with Crippen molar-refractivity contribution < 1.29 is 0 Å². The standard InChI is InChI=1S/C17H30N2S/c1-17(2,3)19-11-7-10-18-13-15-12-14-8-5-4-6-9-16(14)20-15/h12,18-19H,4-11,13H2,1-3H3. The highest BCUT2D eigenvalue weighted by Gasteiger charge is 2.12. The Morgan fingerprint density at radius 1 is 1.10 bits per heavy atom. The molecule has 1 aromatic rings. The van der Waals surface area contributed by atoms with Crippen LogP contribution in [0.2, 0.25) is 0 Å². The van der Waals surface area contributed by atoms with Crippen LogP contribution in [0.3, 0.4) is 0 Å². The van der Waals surface area contributed by atoms with Gasteiger partial charge in [-0.15, -0.1) is 11.3 Å². The molecule has 2 rings (SSSR count). The Kier molecular flexibility index (Phi) is 6.06. The summed E-state index contributed by atoms with van der Waals surface area (Å²) in [7, 11) is 0. The molecule has 20 heavy (non-hydrogen) atoms. The number of hydrogen-bond donors (Lipinski definition) is 2. The van der Waals surface area contributed by atoms with Crippen molar-refractivity contribution in [3.05, 3.63) is 21.4 Å². The second-order valence-electron chi connectivity index (χ2n) is 6.93. The summed E-state index contributed by atoms with van der Waals surface area (Å²) in [6, 6.07) is 2.45. The van der Waals surface area contributed by atoms with E-state index in [-0.39, 0.29) is 5.54 Å². The van der Waals surface area contributed by atoms with Crippen LogP contribution in [-0.4, -0.2) is 18.6 Å². The van der Waals surface area contributed by atoms with Crippen LogP contribution in [0.1, 0.15) is 61.8 Å². The summed E-state index contributed by atoms with van der Waals surface area (Å²) in [6.07, 6.45) is 8.00. The van der Waals surface area contributed by atoms with Gasteiger partial charge in [0, 0.05) is 21.8 Å². The van der Waals surface area contributed by atoms with Gasteiger partial charge in [0.2, 0.25) is 0 Å². The van der Waals surface area contributed by atoms with E-state index in [2.05, 4.69) is 37.5 Å². The quantitative estimate of drug-likeness (QED) is 0.614. The normalized spacial score (nSPS) is 15.9. The van der Waals surface area contributed by atoms with Crippen LogP contribution in [0.5, 0.6) is 0 Å². The van der Waals surface area contributed by atoms with Gasteiger partial charge in [0.25, 0.3) is 0 Å². The number of thiophene rings is 1. The highest BCUT2D eigenvalue weighted by Crippen LogP contribution is 2.28. The van der Waals surface area contributed by atoms with Crippen molar-refractivity contribution in [3.8, 4) is 0 Å². The Labute approximate surface area is 128 Å². The summed E-state index contributed by atoms with van der Waals surface area (Å²) < 4.78 is 0. The molecule has 0 unspecified atom stereocenters. The predicted octanol–water partition coefficient (Wildman–Crippen LogP) is 3.88. The molecule has 3 heteroatoms. The first-order chi connectivity index (χ1) is 9.54. The zero-order valence-electron chi connectivity index (χ0n) is 13.3. The minimum Gasteiger partial charge on any atom is -0.312 e. The number of fused-ring (bicyclic) bond motifs is 1. The molecule has 0 fully saturated rings. The highest BCUT2D eigenvalue weighted by molar-refractivity contribution is 7.12. The minimum atomic E-state index is 0.241. The predicted molar refractivity (Wildman–Crippen MR) is 89.7 cm³/mol. The lowest BCUT2D eigenvalue weighted by atomic mass is 10.1. The van der Waals surface area contributed by atoms with Crippen LogP contribution in [-0.2, 0) is 19.4 Å². The fourth-order valence-corrected chi connectivity index (χ4v) is 3.93. The number of rotatable bonds is 6. The van der Waals surface area contributed by atoms with Crippen molar-refractivity contribution in [1.29, 1.82) is 0 Å². The van der Waals surface area contributed by atoms with Crippen molar-refractivity contribution in [2.75, 3.05) is 13.1 Å². The molecule has 1 aliphatic carbocycles. The van der Waals surface area contributed by atoms with Gasteiger partial charge < -0.3 is 10.6 Å². The topological polar surface area (TPSA) is 24.1 Å². The monoisotopic (exact) mass is 294 g/mol. The molecular weight excluding hydrogens is 264 g/mol. The van der Waals surface area contributed by atoms with E-state index in [1.807, 2.05) is 11.3 Å². The van der Waals surface area contributed by atoms with Gasteiger partial charge >= 0.3 is 0 Å². The van der Waals surface area contributed by atoms with E-state index < -0.39 is 0 Å². The average molecular weight is 295 g/mol. The lowest BCUT2D eigenvalue weighted by molar-refractivity contribution is 0.418. The van der Waals surface area contributed by atoms with Crippen LogP contribution < -0.4 is 10.6 Å². The van der Waals surface area contributed by atoms with Crippen molar-refractivity contribution in [2.45, 2.75) is 71.4 Å². The zero-order chi connectivity index (χ0) is 14.4. The van der Waals surface area contributed by atoms with Gasteiger partial charge in [-0.05, 0) is 77.6 Å². The molecule has 2 N–H and O–H groups in total. The molecule has 0 aromatic carbocycles. The third-order valence-corrected chi connectivity index (χ3v) is 5.02. The van der Waals surface area contributed by atoms with Gasteiger partial charge in [-0.25, -0.2) is 0 Å². The van der Waals surface area contributed by atoms with E-state index in [1.54, 1.807) is 10.4 Å². The fraction of sp³-hybridized carbons (Fsp3) is 0.765. The zero-order valence-corrected chi connectivity index (χ0v) is 14.2. The molecule has 0 saturated heterocycles. The smallest absolute Gasteiger partial charge is 0.0299 e. The van der Waals surface area contributed by atoms with E-state index in [1.165, 1.54) is 43.4 Å². The van der Waals surface area contributed by atoms with Gasteiger partial charge in [0.15, 0.2) is 0 Å². The molecule has 0 spiro atoms. The summed E-state index contributed by atoms with van der Waals surface area (Å²) in [5, 5.41) is 7.11. The third-order valence-electron chi connectivity index (χ3n) is 3.78. The molecular formula is C17H30N2S. The number of hydrogen-bond acceptors (Lipinski definition) is 3. The molecule has 0 atom stereocenters. The SMILES string of the molecule is CC(C)(C)NCCCNCc1cc2c(s1)CCCCC2. The van der Waals surface area contributed by atoms with Crippen LogP contribution in [0.15, 0.2) is 6.07 Å². The van der Waals surface area contributed by atoms with Crippen molar-refractivity contribution in [2.24, 2.45) is 0 Å². The van der Waals surface area contributed by atoms with Crippen LogP contribution in [0.25, 0.3) is 0 Å². The van der Waals surface area contributed by atoms with E-state index in [9.17, 15) is 0 Å². The number of nitrogens with one attached hydrogen (secondary N) is 2. The van der Waals surface area contributed by atoms with Gasteiger partial charge in [-0.2, -0.15) is 0 Å².